The molecule has 6 nitrogen and oxygen atoms in total. The first kappa shape index (κ1) is 15.6. The van der Waals surface area contributed by atoms with E-state index >= 15 is 0 Å². The Morgan fingerprint density at radius 3 is 2.52 bits per heavy atom. The Morgan fingerprint density at radius 1 is 1.33 bits per heavy atom. The molecule has 1 fully saturated rings. The zero-order valence-electron chi connectivity index (χ0n) is 11.9. The summed E-state index contributed by atoms with van der Waals surface area (Å²) in [7, 11) is 0. The number of hydrogen-bond donors (Lipinski definition) is 2. The normalized spacial score (nSPS) is 22.0. The SMILES string of the molecule is CC1CN(C(=O)Nc2ccc(Cl)c(C(N)=O)c2)CC(C)O1. The first-order valence-corrected chi connectivity index (χ1v) is 7.05. The van der Waals surface area contributed by atoms with Crippen LogP contribution >= 0.6 is 11.6 Å². The van der Waals surface area contributed by atoms with E-state index < -0.39 is 5.91 Å². The predicted molar refractivity (Wildman–Crippen MR) is 80.6 cm³/mol. The van der Waals surface area contributed by atoms with Gasteiger partial charge in [0, 0.05) is 18.8 Å². The topological polar surface area (TPSA) is 84.7 Å². The molecule has 114 valence electrons. The van der Waals surface area contributed by atoms with Gasteiger partial charge in [-0.05, 0) is 32.0 Å². The molecule has 0 saturated carbocycles. The van der Waals surface area contributed by atoms with Gasteiger partial charge in [0.15, 0.2) is 0 Å². The first-order valence-electron chi connectivity index (χ1n) is 6.67. The summed E-state index contributed by atoms with van der Waals surface area (Å²) in [6.45, 7) is 4.88. The summed E-state index contributed by atoms with van der Waals surface area (Å²) in [4.78, 5) is 25.2. The number of carbonyl (C=O) groups is 2. The number of nitrogens with one attached hydrogen (secondary N) is 1. The lowest BCUT2D eigenvalue weighted by Crippen LogP contribution is -2.49. The van der Waals surface area contributed by atoms with Crippen LogP contribution < -0.4 is 11.1 Å². The summed E-state index contributed by atoms with van der Waals surface area (Å²) in [6.07, 6.45) is -0.0169. The number of carbonyl (C=O) groups excluding carboxylic acids is 2. The largest absolute Gasteiger partial charge is 0.372 e. The third kappa shape index (κ3) is 3.86. The molecule has 0 radical (unpaired) electrons. The van der Waals surface area contributed by atoms with Crippen molar-refractivity contribution in [3.05, 3.63) is 28.8 Å². The van der Waals surface area contributed by atoms with Gasteiger partial charge >= 0.3 is 6.03 Å². The minimum Gasteiger partial charge on any atom is -0.372 e. The van der Waals surface area contributed by atoms with Gasteiger partial charge in [-0.3, -0.25) is 4.79 Å². The minimum absolute atomic E-state index is 0.00843. The molecule has 3 N–H and O–H groups in total. The number of hydrogen-bond acceptors (Lipinski definition) is 3. The Morgan fingerprint density at radius 2 is 1.95 bits per heavy atom. The highest BCUT2D eigenvalue weighted by atomic mass is 35.5. The third-order valence-corrected chi connectivity index (χ3v) is 3.52. The average molecular weight is 312 g/mol. The fraction of sp³-hybridized carbons (Fsp3) is 0.429. The molecule has 7 heteroatoms. The monoisotopic (exact) mass is 311 g/mol. The maximum atomic E-state index is 12.2. The minimum atomic E-state index is -0.635. The van der Waals surface area contributed by atoms with Crippen LogP contribution in [0.25, 0.3) is 0 Å². The fourth-order valence-corrected chi connectivity index (χ4v) is 2.55. The maximum absolute atomic E-state index is 12.2. The van der Waals surface area contributed by atoms with Crippen LogP contribution in [-0.2, 0) is 4.74 Å². The van der Waals surface area contributed by atoms with E-state index in [4.69, 9.17) is 22.1 Å². The number of nitrogens with zero attached hydrogens (tertiary/aromatic N) is 1. The number of rotatable bonds is 2. The van der Waals surface area contributed by atoms with E-state index in [1.54, 1.807) is 11.0 Å². The Bertz CT molecular complexity index is 554. The molecule has 0 bridgehead atoms. The van der Waals surface area contributed by atoms with Crippen molar-refractivity contribution in [2.45, 2.75) is 26.1 Å². The van der Waals surface area contributed by atoms with Crippen LogP contribution in [0.3, 0.4) is 0 Å². The maximum Gasteiger partial charge on any atom is 0.322 e. The van der Waals surface area contributed by atoms with Gasteiger partial charge in [-0.2, -0.15) is 0 Å². The molecule has 0 aromatic heterocycles. The van der Waals surface area contributed by atoms with Crippen LogP contribution in [0.5, 0.6) is 0 Å². The molecule has 0 spiro atoms. The van der Waals surface area contributed by atoms with Crippen molar-refractivity contribution in [1.82, 2.24) is 4.90 Å². The zero-order chi connectivity index (χ0) is 15.6. The van der Waals surface area contributed by atoms with E-state index in [0.717, 1.165) is 0 Å². The van der Waals surface area contributed by atoms with Crippen molar-refractivity contribution in [2.75, 3.05) is 18.4 Å². The van der Waals surface area contributed by atoms with Crippen molar-refractivity contribution < 1.29 is 14.3 Å². The quantitative estimate of drug-likeness (QED) is 0.877. The fourth-order valence-electron chi connectivity index (χ4n) is 2.34. The number of amides is 3. The standard InChI is InChI=1S/C14H18ClN3O3/c1-8-6-18(7-9(2)21-8)14(20)17-10-3-4-12(15)11(5-10)13(16)19/h3-5,8-9H,6-7H2,1-2H3,(H2,16,19)(H,17,20). The van der Waals surface area contributed by atoms with Crippen molar-refractivity contribution in [3.63, 3.8) is 0 Å². The lowest BCUT2D eigenvalue weighted by Gasteiger charge is -2.35. The number of ether oxygens (including phenoxy) is 1. The second-order valence-corrected chi connectivity index (χ2v) is 5.56. The highest BCUT2D eigenvalue weighted by molar-refractivity contribution is 6.33. The van der Waals surface area contributed by atoms with Crippen LogP contribution in [0.15, 0.2) is 18.2 Å². The summed E-state index contributed by atoms with van der Waals surface area (Å²) in [5.74, 6) is -0.635. The van der Waals surface area contributed by atoms with Gasteiger partial charge in [0.25, 0.3) is 0 Å². The molecule has 1 aromatic carbocycles. The highest BCUT2D eigenvalue weighted by Gasteiger charge is 2.26. The van der Waals surface area contributed by atoms with E-state index in [-0.39, 0.29) is 28.8 Å². The number of halogens is 1. The summed E-state index contributed by atoms with van der Waals surface area (Å²) < 4.78 is 5.58. The molecule has 1 heterocycles. The predicted octanol–water partition coefficient (Wildman–Crippen LogP) is 2.08. The number of morpholine rings is 1. The average Bonchev–Trinajstić information content (AvgIpc) is 2.39. The highest BCUT2D eigenvalue weighted by Crippen LogP contribution is 2.21. The van der Waals surface area contributed by atoms with Crippen LogP contribution in [0.2, 0.25) is 5.02 Å². The van der Waals surface area contributed by atoms with E-state index in [0.29, 0.717) is 18.8 Å². The van der Waals surface area contributed by atoms with Gasteiger partial charge in [0.1, 0.15) is 0 Å². The van der Waals surface area contributed by atoms with E-state index in [1.165, 1.54) is 12.1 Å². The molecular formula is C14H18ClN3O3. The van der Waals surface area contributed by atoms with Gasteiger partial charge in [0.2, 0.25) is 5.91 Å². The molecule has 1 aliphatic rings. The van der Waals surface area contributed by atoms with Gasteiger partial charge in [-0.15, -0.1) is 0 Å². The van der Waals surface area contributed by atoms with Crippen LogP contribution in [0, 0.1) is 0 Å². The number of primary amides is 1. The second kappa shape index (κ2) is 6.32. The molecule has 1 aliphatic heterocycles. The van der Waals surface area contributed by atoms with Gasteiger partial charge in [0.05, 0.1) is 22.8 Å². The Balaban J connectivity index is 2.09. The molecule has 3 amide bonds. The van der Waals surface area contributed by atoms with E-state index in [1.807, 2.05) is 13.8 Å². The van der Waals surface area contributed by atoms with Crippen LogP contribution in [-0.4, -0.2) is 42.1 Å². The van der Waals surface area contributed by atoms with Crippen LogP contribution in [0.1, 0.15) is 24.2 Å². The number of benzene rings is 1. The first-order chi connectivity index (χ1) is 9.86. The lowest BCUT2D eigenvalue weighted by molar-refractivity contribution is -0.0530. The van der Waals surface area contributed by atoms with Crippen LogP contribution in [0.4, 0.5) is 10.5 Å². The molecule has 2 atom stereocenters. The molecule has 1 saturated heterocycles. The van der Waals surface area contributed by atoms with E-state index in [9.17, 15) is 9.59 Å². The molecule has 21 heavy (non-hydrogen) atoms. The summed E-state index contributed by atoms with van der Waals surface area (Å²) >= 11 is 5.87. The smallest absolute Gasteiger partial charge is 0.322 e. The Kier molecular flexibility index (Phi) is 4.69. The molecule has 2 unspecified atom stereocenters. The summed E-state index contributed by atoms with van der Waals surface area (Å²) in [5, 5.41) is 3.00. The van der Waals surface area contributed by atoms with E-state index in [2.05, 4.69) is 5.32 Å². The van der Waals surface area contributed by atoms with Gasteiger partial charge in [-0.25, -0.2) is 4.79 Å². The summed E-state index contributed by atoms with van der Waals surface area (Å²) in [6, 6.07) is 4.38. The van der Waals surface area contributed by atoms with Crippen molar-refractivity contribution in [2.24, 2.45) is 5.73 Å². The van der Waals surface area contributed by atoms with Gasteiger partial charge in [-0.1, -0.05) is 11.6 Å². The van der Waals surface area contributed by atoms with Crippen molar-refractivity contribution in [3.8, 4) is 0 Å². The molecule has 1 aromatic rings. The Labute approximate surface area is 128 Å². The molecule has 0 aliphatic carbocycles. The van der Waals surface area contributed by atoms with Crippen molar-refractivity contribution >= 4 is 29.2 Å². The van der Waals surface area contributed by atoms with Gasteiger partial charge < -0.3 is 20.7 Å². The summed E-state index contributed by atoms with van der Waals surface area (Å²) in [5.41, 5.74) is 5.89. The zero-order valence-corrected chi connectivity index (χ0v) is 12.7. The molecular weight excluding hydrogens is 294 g/mol. The number of nitrogens with two attached hydrogens (primary N) is 1. The lowest BCUT2D eigenvalue weighted by atomic mass is 10.2. The second-order valence-electron chi connectivity index (χ2n) is 5.15. The molecule has 2 rings (SSSR count). The number of urea groups is 1. The number of anilines is 1. The van der Waals surface area contributed by atoms with Crippen molar-refractivity contribution in [1.29, 1.82) is 0 Å². The third-order valence-electron chi connectivity index (χ3n) is 3.19. The Hall–Kier alpha value is -1.79.